The van der Waals surface area contributed by atoms with Crippen molar-refractivity contribution in [3.05, 3.63) is 0 Å². The fraction of sp³-hybridized carbons (Fsp3) is 0.800. The van der Waals surface area contributed by atoms with E-state index in [9.17, 15) is 9.59 Å². The smallest absolute Gasteiger partial charge is 0.407 e. The number of carboxylic acids is 1. The molecular weight excluding hydrogens is 228 g/mol. The largest absolute Gasteiger partial charge is 0.481 e. The lowest BCUT2D eigenvalue weighted by Crippen LogP contribution is -2.42. The average Bonchev–Trinajstić information content (AvgIpc) is 2.09. The van der Waals surface area contributed by atoms with Crippen LogP contribution in [0.3, 0.4) is 0 Å². The maximum absolute atomic E-state index is 11.4. The van der Waals surface area contributed by atoms with E-state index < -0.39 is 23.7 Å². The van der Waals surface area contributed by atoms with Gasteiger partial charge in [0.15, 0.2) is 0 Å². The summed E-state index contributed by atoms with van der Waals surface area (Å²) in [6.07, 6.45) is -0.927. The Bertz CT molecular complexity index is 262. The lowest BCUT2D eigenvalue weighted by atomic mass is 10.2. The molecular formula is C10H20N2O5. The Morgan fingerprint density at radius 2 is 2.00 bits per heavy atom. The summed E-state index contributed by atoms with van der Waals surface area (Å²) in [6, 6.07) is -0.661. The summed E-state index contributed by atoms with van der Waals surface area (Å²) in [6.45, 7) is 5.15. The van der Waals surface area contributed by atoms with Crippen LogP contribution < -0.4 is 11.1 Å². The van der Waals surface area contributed by atoms with Gasteiger partial charge in [-0.2, -0.15) is 0 Å². The summed E-state index contributed by atoms with van der Waals surface area (Å²) in [5.41, 5.74) is 4.49. The highest BCUT2D eigenvalue weighted by Gasteiger charge is 2.21. The molecule has 0 spiro atoms. The van der Waals surface area contributed by atoms with Crippen LogP contribution in [0.15, 0.2) is 0 Å². The quantitative estimate of drug-likeness (QED) is 0.582. The molecule has 17 heavy (non-hydrogen) atoms. The number of carbonyl (C=O) groups is 2. The van der Waals surface area contributed by atoms with Crippen LogP contribution in [-0.2, 0) is 14.3 Å². The van der Waals surface area contributed by atoms with E-state index in [-0.39, 0.29) is 19.8 Å². The molecule has 0 aliphatic carbocycles. The van der Waals surface area contributed by atoms with Crippen molar-refractivity contribution < 1.29 is 24.2 Å². The number of alkyl carbamates (subject to hydrolysis) is 1. The highest BCUT2D eigenvalue weighted by molar-refractivity contribution is 5.71. The summed E-state index contributed by atoms with van der Waals surface area (Å²) in [5, 5.41) is 11.1. The summed E-state index contributed by atoms with van der Waals surface area (Å²) < 4.78 is 9.87. The van der Waals surface area contributed by atoms with E-state index in [4.69, 9.17) is 20.3 Å². The van der Waals surface area contributed by atoms with E-state index in [1.807, 2.05) is 0 Å². The van der Waals surface area contributed by atoms with Crippen LogP contribution in [0.1, 0.15) is 27.2 Å². The van der Waals surface area contributed by atoms with Gasteiger partial charge in [-0.05, 0) is 20.8 Å². The normalized spacial score (nSPS) is 12.9. The number of ether oxygens (including phenoxy) is 2. The molecule has 1 atom stereocenters. The van der Waals surface area contributed by atoms with Crippen molar-refractivity contribution in [1.29, 1.82) is 0 Å². The van der Waals surface area contributed by atoms with E-state index in [0.717, 1.165) is 0 Å². The van der Waals surface area contributed by atoms with Gasteiger partial charge < -0.3 is 25.6 Å². The van der Waals surface area contributed by atoms with Gasteiger partial charge in [0.25, 0.3) is 0 Å². The molecule has 7 heteroatoms. The molecule has 0 bridgehead atoms. The summed E-state index contributed by atoms with van der Waals surface area (Å²) in [5.74, 6) is -1.04. The minimum Gasteiger partial charge on any atom is -0.481 e. The van der Waals surface area contributed by atoms with E-state index in [0.29, 0.717) is 0 Å². The zero-order chi connectivity index (χ0) is 13.5. The third-order valence-corrected chi connectivity index (χ3v) is 1.58. The molecule has 0 fully saturated rings. The fourth-order valence-corrected chi connectivity index (χ4v) is 1.05. The van der Waals surface area contributed by atoms with Gasteiger partial charge in [0.05, 0.1) is 25.8 Å². The SMILES string of the molecule is CC(C)(C)OC(=O)NC(COCN)CC(=O)O. The molecule has 0 aromatic heterocycles. The second kappa shape index (κ2) is 7.08. The summed E-state index contributed by atoms with van der Waals surface area (Å²) in [7, 11) is 0. The van der Waals surface area contributed by atoms with Crippen molar-refractivity contribution in [2.45, 2.75) is 38.8 Å². The van der Waals surface area contributed by atoms with E-state index in [2.05, 4.69) is 5.32 Å². The number of nitrogens with two attached hydrogens (primary N) is 1. The van der Waals surface area contributed by atoms with Crippen LogP contribution >= 0.6 is 0 Å². The third kappa shape index (κ3) is 9.58. The van der Waals surface area contributed by atoms with Crippen LogP contribution in [-0.4, -0.2) is 42.1 Å². The summed E-state index contributed by atoms with van der Waals surface area (Å²) in [4.78, 5) is 22.0. The molecule has 0 saturated carbocycles. The second-order valence-electron chi connectivity index (χ2n) is 4.48. The Kier molecular flexibility index (Phi) is 6.52. The van der Waals surface area contributed by atoms with E-state index >= 15 is 0 Å². The monoisotopic (exact) mass is 248 g/mol. The molecule has 7 nitrogen and oxygen atoms in total. The Balaban J connectivity index is 4.21. The van der Waals surface area contributed by atoms with Crippen molar-refractivity contribution in [2.24, 2.45) is 5.73 Å². The molecule has 1 amide bonds. The molecule has 0 rings (SSSR count). The first-order valence-electron chi connectivity index (χ1n) is 5.23. The number of rotatable bonds is 6. The lowest BCUT2D eigenvalue weighted by Gasteiger charge is -2.22. The van der Waals surface area contributed by atoms with Gasteiger partial charge in [0, 0.05) is 0 Å². The van der Waals surface area contributed by atoms with Crippen molar-refractivity contribution in [3.63, 3.8) is 0 Å². The molecule has 100 valence electrons. The third-order valence-electron chi connectivity index (χ3n) is 1.58. The summed E-state index contributed by atoms with van der Waals surface area (Å²) >= 11 is 0. The molecule has 1 unspecified atom stereocenters. The molecule has 0 saturated heterocycles. The van der Waals surface area contributed by atoms with Crippen LogP contribution in [0.25, 0.3) is 0 Å². The molecule has 0 aromatic carbocycles. The average molecular weight is 248 g/mol. The van der Waals surface area contributed by atoms with Crippen LogP contribution in [0.5, 0.6) is 0 Å². The standard InChI is InChI=1S/C10H20N2O5/c1-10(2,3)17-9(15)12-7(4-8(13)14)5-16-6-11/h7H,4-6,11H2,1-3H3,(H,12,15)(H,13,14). The highest BCUT2D eigenvalue weighted by Crippen LogP contribution is 2.07. The molecule has 4 N–H and O–H groups in total. The molecule has 0 radical (unpaired) electrons. The molecule has 0 aromatic rings. The van der Waals surface area contributed by atoms with Crippen LogP contribution in [0.2, 0.25) is 0 Å². The Morgan fingerprint density at radius 1 is 1.41 bits per heavy atom. The molecule has 0 heterocycles. The number of nitrogens with one attached hydrogen (secondary N) is 1. The zero-order valence-electron chi connectivity index (χ0n) is 10.4. The predicted octanol–water partition coefficient (Wildman–Crippen LogP) is 0.287. The number of carbonyl (C=O) groups excluding carboxylic acids is 1. The van der Waals surface area contributed by atoms with Crippen LogP contribution in [0, 0.1) is 0 Å². The lowest BCUT2D eigenvalue weighted by molar-refractivity contribution is -0.137. The Morgan fingerprint density at radius 3 is 2.41 bits per heavy atom. The van der Waals surface area contributed by atoms with Gasteiger partial charge >= 0.3 is 12.1 Å². The predicted molar refractivity (Wildman–Crippen MR) is 60.4 cm³/mol. The maximum atomic E-state index is 11.4. The van der Waals surface area contributed by atoms with Gasteiger partial charge in [0.2, 0.25) is 0 Å². The minimum absolute atomic E-state index is 0.0298. The van der Waals surface area contributed by atoms with Crippen molar-refractivity contribution in [2.75, 3.05) is 13.3 Å². The van der Waals surface area contributed by atoms with Gasteiger partial charge in [-0.1, -0.05) is 0 Å². The van der Waals surface area contributed by atoms with Crippen LogP contribution in [0.4, 0.5) is 4.79 Å². The van der Waals surface area contributed by atoms with E-state index in [1.165, 1.54) is 0 Å². The maximum Gasteiger partial charge on any atom is 0.407 e. The number of aliphatic carboxylic acids is 1. The van der Waals surface area contributed by atoms with Gasteiger partial charge in [-0.25, -0.2) is 4.79 Å². The Labute approximate surface area is 100 Å². The Hall–Kier alpha value is -1.34. The van der Waals surface area contributed by atoms with Crippen molar-refractivity contribution >= 4 is 12.1 Å². The van der Waals surface area contributed by atoms with Gasteiger partial charge in [-0.3, -0.25) is 4.79 Å². The first-order valence-corrected chi connectivity index (χ1v) is 5.23. The van der Waals surface area contributed by atoms with Crippen molar-refractivity contribution in [1.82, 2.24) is 5.32 Å². The van der Waals surface area contributed by atoms with E-state index in [1.54, 1.807) is 20.8 Å². The topological polar surface area (TPSA) is 111 Å². The number of carboxylic acid groups (broad SMARTS) is 1. The number of hydrogen-bond acceptors (Lipinski definition) is 5. The first kappa shape index (κ1) is 15.7. The first-order chi connectivity index (χ1) is 7.74. The fourth-order valence-electron chi connectivity index (χ4n) is 1.05. The highest BCUT2D eigenvalue weighted by atomic mass is 16.6. The second-order valence-corrected chi connectivity index (χ2v) is 4.48. The van der Waals surface area contributed by atoms with Gasteiger partial charge in [0.1, 0.15) is 5.60 Å². The van der Waals surface area contributed by atoms with Crippen molar-refractivity contribution in [3.8, 4) is 0 Å². The zero-order valence-corrected chi connectivity index (χ0v) is 10.4. The molecule has 0 aliphatic rings. The minimum atomic E-state index is -1.04. The number of hydrogen-bond donors (Lipinski definition) is 3. The number of amides is 1. The molecule has 0 aliphatic heterocycles. The van der Waals surface area contributed by atoms with Gasteiger partial charge in [-0.15, -0.1) is 0 Å².